The van der Waals surface area contributed by atoms with Gasteiger partial charge in [-0.2, -0.15) is 0 Å². The first kappa shape index (κ1) is 8.52. The number of amides is 1. The Morgan fingerprint density at radius 2 is 2.67 bits per heavy atom. The van der Waals surface area contributed by atoms with E-state index in [0.717, 1.165) is 0 Å². The highest BCUT2D eigenvalue weighted by molar-refractivity contribution is 5.86. The Kier molecular flexibility index (Phi) is 2.63. The van der Waals surface area contributed by atoms with E-state index in [1.54, 1.807) is 13.1 Å². The number of hydrogen-bond donors (Lipinski definition) is 1. The molecular formula is C8H10N2O2. The summed E-state index contributed by atoms with van der Waals surface area (Å²) in [6.07, 6.45) is 2.79. The molecule has 0 bridgehead atoms. The Morgan fingerprint density at radius 1 is 1.92 bits per heavy atom. The van der Waals surface area contributed by atoms with Crippen molar-refractivity contribution in [3.8, 4) is 0 Å². The van der Waals surface area contributed by atoms with Crippen molar-refractivity contribution >= 4 is 5.91 Å². The zero-order chi connectivity index (χ0) is 8.97. The molecule has 0 radical (unpaired) electrons. The van der Waals surface area contributed by atoms with E-state index in [0.29, 0.717) is 18.2 Å². The van der Waals surface area contributed by atoms with Crippen LogP contribution >= 0.6 is 0 Å². The first-order valence-corrected chi connectivity index (χ1v) is 3.54. The number of nitrogens with one attached hydrogen (secondary N) is 1. The molecule has 0 aliphatic rings. The summed E-state index contributed by atoms with van der Waals surface area (Å²) < 4.78 is 5.12. The molecule has 0 unspecified atom stereocenters. The third-order valence-electron chi connectivity index (χ3n) is 1.29. The van der Waals surface area contributed by atoms with Crippen LogP contribution < -0.4 is 5.32 Å². The molecule has 1 aromatic heterocycles. The van der Waals surface area contributed by atoms with Gasteiger partial charge in [0.2, 0.25) is 5.91 Å². The molecule has 0 saturated heterocycles. The first-order valence-electron chi connectivity index (χ1n) is 3.54. The molecular weight excluding hydrogens is 156 g/mol. The zero-order valence-electron chi connectivity index (χ0n) is 6.83. The van der Waals surface area contributed by atoms with Crippen molar-refractivity contribution < 1.29 is 9.21 Å². The summed E-state index contributed by atoms with van der Waals surface area (Å²) in [5.41, 5.74) is 0. The number of aromatic nitrogens is 1. The number of nitrogens with zero attached hydrogens (tertiary/aromatic N) is 1. The van der Waals surface area contributed by atoms with E-state index in [1.165, 1.54) is 6.08 Å². The van der Waals surface area contributed by atoms with Crippen LogP contribution in [0.4, 0.5) is 0 Å². The Labute approximate surface area is 70.3 Å². The molecule has 0 spiro atoms. The Morgan fingerprint density at radius 3 is 3.17 bits per heavy atom. The second kappa shape index (κ2) is 3.71. The normalized spacial score (nSPS) is 9.42. The van der Waals surface area contributed by atoms with Crippen molar-refractivity contribution in [1.82, 2.24) is 10.3 Å². The maximum atomic E-state index is 10.7. The predicted molar refractivity (Wildman–Crippen MR) is 43.3 cm³/mol. The topological polar surface area (TPSA) is 55.1 Å². The lowest BCUT2D eigenvalue weighted by Crippen LogP contribution is -2.19. The van der Waals surface area contributed by atoms with Crippen LogP contribution in [-0.2, 0) is 11.3 Å². The molecule has 0 saturated carbocycles. The monoisotopic (exact) mass is 166 g/mol. The standard InChI is InChI=1S/C8H10N2O2/c1-3-8(11)10-5-7-4-9-6(2)12-7/h3-4H,1,5H2,2H3,(H,10,11). The average Bonchev–Trinajstić information content (AvgIpc) is 2.47. The zero-order valence-corrected chi connectivity index (χ0v) is 6.83. The molecule has 1 aromatic rings. The fraction of sp³-hybridized carbons (Fsp3) is 0.250. The van der Waals surface area contributed by atoms with E-state index in [1.807, 2.05) is 0 Å². The maximum Gasteiger partial charge on any atom is 0.243 e. The summed E-state index contributed by atoms with van der Waals surface area (Å²) >= 11 is 0. The van der Waals surface area contributed by atoms with Gasteiger partial charge in [0.25, 0.3) is 0 Å². The minimum Gasteiger partial charge on any atom is -0.444 e. The summed E-state index contributed by atoms with van der Waals surface area (Å²) in [6.45, 7) is 5.42. The minimum absolute atomic E-state index is 0.218. The van der Waals surface area contributed by atoms with E-state index in [4.69, 9.17) is 4.42 Å². The lowest BCUT2D eigenvalue weighted by molar-refractivity contribution is -0.116. The summed E-state index contributed by atoms with van der Waals surface area (Å²) in [4.78, 5) is 14.6. The van der Waals surface area contributed by atoms with Gasteiger partial charge in [0.05, 0.1) is 12.7 Å². The molecule has 4 heteroatoms. The van der Waals surface area contributed by atoms with Crippen LogP contribution in [0.15, 0.2) is 23.3 Å². The number of carbonyl (C=O) groups is 1. The second-order valence-electron chi connectivity index (χ2n) is 2.27. The van der Waals surface area contributed by atoms with Gasteiger partial charge in [-0.15, -0.1) is 0 Å². The molecule has 64 valence electrons. The van der Waals surface area contributed by atoms with Gasteiger partial charge in [-0.05, 0) is 6.08 Å². The highest BCUT2D eigenvalue weighted by Gasteiger charge is 2.00. The van der Waals surface area contributed by atoms with Gasteiger partial charge in [0.15, 0.2) is 5.89 Å². The summed E-state index contributed by atoms with van der Waals surface area (Å²) in [7, 11) is 0. The number of aryl methyl sites for hydroxylation is 1. The Balaban J connectivity index is 2.43. The van der Waals surface area contributed by atoms with Crippen molar-refractivity contribution in [2.45, 2.75) is 13.5 Å². The van der Waals surface area contributed by atoms with Gasteiger partial charge in [0.1, 0.15) is 5.76 Å². The van der Waals surface area contributed by atoms with Crippen LogP contribution in [0, 0.1) is 6.92 Å². The third-order valence-corrected chi connectivity index (χ3v) is 1.29. The van der Waals surface area contributed by atoms with Gasteiger partial charge in [-0.25, -0.2) is 4.98 Å². The SMILES string of the molecule is C=CC(=O)NCc1cnc(C)o1. The molecule has 1 rings (SSSR count). The van der Waals surface area contributed by atoms with Gasteiger partial charge >= 0.3 is 0 Å². The predicted octanol–water partition coefficient (Wildman–Crippen LogP) is 0.785. The molecule has 1 heterocycles. The fourth-order valence-corrected chi connectivity index (χ4v) is 0.733. The lowest BCUT2D eigenvalue weighted by atomic mass is 10.5. The van der Waals surface area contributed by atoms with E-state index in [9.17, 15) is 4.79 Å². The van der Waals surface area contributed by atoms with E-state index in [-0.39, 0.29) is 5.91 Å². The van der Waals surface area contributed by atoms with Crippen molar-refractivity contribution in [1.29, 1.82) is 0 Å². The second-order valence-corrected chi connectivity index (χ2v) is 2.27. The lowest BCUT2D eigenvalue weighted by Gasteiger charge is -1.96. The quantitative estimate of drug-likeness (QED) is 0.675. The molecule has 4 nitrogen and oxygen atoms in total. The van der Waals surface area contributed by atoms with Gasteiger partial charge in [0, 0.05) is 6.92 Å². The smallest absolute Gasteiger partial charge is 0.243 e. The molecule has 0 fully saturated rings. The minimum atomic E-state index is -0.218. The van der Waals surface area contributed by atoms with E-state index < -0.39 is 0 Å². The average molecular weight is 166 g/mol. The summed E-state index contributed by atoms with van der Waals surface area (Å²) in [6, 6.07) is 0. The molecule has 1 N–H and O–H groups in total. The number of hydrogen-bond acceptors (Lipinski definition) is 3. The molecule has 0 aromatic carbocycles. The van der Waals surface area contributed by atoms with Crippen molar-refractivity contribution in [2.75, 3.05) is 0 Å². The van der Waals surface area contributed by atoms with Gasteiger partial charge in [-0.1, -0.05) is 6.58 Å². The van der Waals surface area contributed by atoms with Crippen LogP contribution in [0.3, 0.4) is 0 Å². The molecule has 12 heavy (non-hydrogen) atoms. The van der Waals surface area contributed by atoms with Crippen molar-refractivity contribution in [3.05, 3.63) is 30.5 Å². The van der Waals surface area contributed by atoms with Crippen LogP contribution in [0.2, 0.25) is 0 Å². The van der Waals surface area contributed by atoms with Crippen LogP contribution in [0.25, 0.3) is 0 Å². The Bertz CT molecular complexity index is 291. The first-order chi connectivity index (χ1) is 5.72. The molecule has 1 amide bonds. The van der Waals surface area contributed by atoms with Crippen LogP contribution in [0.5, 0.6) is 0 Å². The fourth-order valence-electron chi connectivity index (χ4n) is 0.733. The van der Waals surface area contributed by atoms with Crippen LogP contribution in [-0.4, -0.2) is 10.9 Å². The van der Waals surface area contributed by atoms with E-state index >= 15 is 0 Å². The van der Waals surface area contributed by atoms with Crippen LogP contribution in [0.1, 0.15) is 11.7 Å². The maximum absolute atomic E-state index is 10.7. The van der Waals surface area contributed by atoms with Crippen molar-refractivity contribution in [2.24, 2.45) is 0 Å². The third kappa shape index (κ3) is 2.23. The van der Waals surface area contributed by atoms with Gasteiger partial charge < -0.3 is 9.73 Å². The number of carbonyl (C=O) groups excluding carboxylic acids is 1. The van der Waals surface area contributed by atoms with Gasteiger partial charge in [-0.3, -0.25) is 4.79 Å². The number of rotatable bonds is 3. The molecule has 0 aliphatic heterocycles. The molecule has 0 aliphatic carbocycles. The van der Waals surface area contributed by atoms with E-state index in [2.05, 4.69) is 16.9 Å². The highest BCUT2D eigenvalue weighted by atomic mass is 16.4. The Hall–Kier alpha value is -1.58. The van der Waals surface area contributed by atoms with Crippen molar-refractivity contribution in [3.63, 3.8) is 0 Å². The number of oxazole rings is 1. The largest absolute Gasteiger partial charge is 0.444 e. The highest BCUT2D eigenvalue weighted by Crippen LogP contribution is 2.00. The summed E-state index contributed by atoms with van der Waals surface area (Å²) in [5.74, 6) is 1.02. The molecule has 0 atom stereocenters. The summed E-state index contributed by atoms with van der Waals surface area (Å²) in [5, 5.41) is 2.57.